The van der Waals surface area contributed by atoms with Gasteiger partial charge in [-0.1, -0.05) is 32.0 Å². The number of hydrogen-bond acceptors (Lipinski definition) is 11. The van der Waals surface area contributed by atoms with Crippen LogP contribution in [0.5, 0.6) is 23.1 Å². The molecule has 4 aromatic rings. The number of nitrogens with zero attached hydrogens (tertiary/aromatic N) is 5. The number of benzene rings is 2. The molecule has 0 atom stereocenters. The van der Waals surface area contributed by atoms with Crippen LogP contribution in [0.4, 0.5) is 16.3 Å². The van der Waals surface area contributed by atoms with E-state index in [0.29, 0.717) is 84.1 Å². The second-order valence-corrected chi connectivity index (χ2v) is 12.5. The number of ether oxygens (including phenoxy) is 3. The number of thiol groups is 1. The number of hydrogen-bond donors (Lipinski definition) is 3. The van der Waals surface area contributed by atoms with Crippen LogP contribution in [0.1, 0.15) is 33.0 Å². The summed E-state index contributed by atoms with van der Waals surface area (Å²) in [5.74, 6) is 2.77. The van der Waals surface area contributed by atoms with Gasteiger partial charge in [-0.25, -0.2) is 27.5 Å². The van der Waals surface area contributed by atoms with E-state index in [1.165, 1.54) is 10.6 Å². The molecule has 0 spiro atoms. The van der Waals surface area contributed by atoms with Crippen molar-refractivity contribution in [2.24, 2.45) is 0 Å². The van der Waals surface area contributed by atoms with E-state index in [4.69, 9.17) is 18.7 Å². The summed E-state index contributed by atoms with van der Waals surface area (Å²) in [6.07, 6.45) is 2.17. The van der Waals surface area contributed by atoms with E-state index in [-0.39, 0.29) is 5.41 Å². The van der Waals surface area contributed by atoms with Crippen molar-refractivity contribution in [3.05, 3.63) is 54.6 Å². The zero-order valence-electron chi connectivity index (χ0n) is 25.6. The molecule has 0 aliphatic carbocycles. The molecule has 0 bridgehead atoms. The number of aromatic nitrogens is 3. The molecule has 0 radical (unpaired) electrons. The summed E-state index contributed by atoms with van der Waals surface area (Å²) in [5, 5.41) is 9.96. The molecule has 1 saturated heterocycles. The molecule has 0 saturated carbocycles. The number of rotatable bonds is 11. The van der Waals surface area contributed by atoms with Crippen molar-refractivity contribution in [1.29, 1.82) is 0 Å². The molecule has 45 heavy (non-hydrogen) atoms. The summed E-state index contributed by atoms with van der Waals surface area (Å²) in [6.45, 7) is 9.66. The van der Waals surface area contributed by atoms with Crippen LogP contribution >= 0.6 is 0 Å². The quantitative estimate of drug-likeness (QED) is 0.159. The van der Waals surface area contributed by atoms with Gasteiger partial charge >= 0.3 is 6.03 Å². The third-order valence-corrected chi connectivity index (χ3v) is 8.00. The van der Waals surface area contributed by atoms with E-state index in [1.807, 2.05) is 20.8 Å². The first-order valence-corrected chi connectivity index (χ1v) is 15.6. The molecule has 2 N–H and O–H groups in total. The SMILES string of the molecule is COc1cc2c(Oc3cccc(NC(=O)Nc4cc(C(C)(C)C)on4)c3)ncnc2cc1OCCCN1CCN([SH](=O)=O)CC1. The fraction of sp³-hybridized carbons (Fsp3) is 0.400. The first kappa shape index (κ1) is 31.9. The van der Waals surface area contributed by atoms with Crippen LogP contribution in [-0.2, 0) is 16.3 Å². The molecule has 3 heterocycles. The van der Waals surface area contributed by atoms with Crippen LogP contribution in [-0.4, -0.2) is 85.2 Å². The average molecular weight is 640 g/mol. The Bertz CT molecular complexity index is 1700. The summed E-state index contributed by atoms with van der Waals surface area (Å²) in [6, 6.07) is 11.7. The van der Waals surface area contributed by atoms with Crippen LogP contribution in [0.3, 0.4) is 0 Å². The fourth-order valence-corrected chi connectivity index (χ4v) is 5.21. The molecular weight excluding hydrogens is 602 g/mol. The van der Waals surface area contributed by atoms with E-state index in [1.54, 1.807) is 49.6 Å². The Morgan fingerprint density at radius 2 is 1.82 bits per heavy atom. The third-order valence-electron chi connectivity index (χ3n) is 7.14. The van der Waals surface area contributed by atoms with Crippen molar-refractivity contribution in [3.63, 3.8) is 0 Å². The van der Waals surface area contributed by atoms with Crippen LogP contribution in [0.2, 0.25) is 0 Å². The van der Waals surface area contributed by atoms with E-state index < -0.39 is 16.9 Å². The maximum absolute atomic E-state index is 12.6. The molecule has 14 nitrogen and oxygen atoms in total. The lowest BCUT2D eigenvalue weighted by atomic mass is 9.93. The first-order chi connectivity index (χ1) is 21.6. The zero-order valence-corrected chi connectivity index (χ0v) is 26.5. The Morgan fingerprint density at radius 1 is 1.02 bits per heavy atom. The molecule has 1 aliphatic rings. The van der Waals surface area contributed by atoms with Crippen LogP contribution in [0.25, 0.3) is 10.9 Å². The van der Waals surface area contributed by atoms with Crippen LogP contribution in [0, 0.1) is 0 Å². The number of methoxy groups -OCH3 is 1. The summed E-state index contributed by atoms with van der Waals surface area (Å²) >= 11 is 0. The Kier molecular flexibility index (Phi) is 10.0. The highest BCUT2D eigenvalue weighted by Gasteiger charge is 2.21. The van der Waals surface area contributed by atoms with E-state index >= 15 is 0 Å². The lowest BCUT2D eigenvalue weighted by molar-refractivity contribution is 0.176. The molecule has 240 valence electrons. The lowest BCUT2D eigenvalue weighted by Crippen LogP contribution is -2.45. The topological polar surface area (TPSA) is 161 Å². The number of carbonyl (C=O) groups is 1. The molecule has 5 rings (SSSR count). The minimum Gasteiger partial charge on any atom is -0.493 e. The number of piperazine rings is 1. The van der Waals surface area contributed by atoms with Gasteiger partial charge in [0.1, 0.15) is 17.8 Å². The Labute approximate surface area is 262 Å². The van der Waals surface area contributed by atoms with Crippen molar-refractivity contribution in [2.45, 2.75) is 32.6 Å². The summed E-state index contributed by atoms with van der Waals surface area (Å²) in [4.78, 5) is 23.5. The summed E-state index contributed by atoms with van der Waals surface area (Å²) < 4.78 is 46.8. The molecular formula is C30H37N7O7S. The molecule has 0 unspecified atom stereocenters. The van der Waals surface area contributed by atoms with Gasteiger partial charge in [0.05, 0.1) is 24.6 Å². The van der Waals surface area contributed by atoms with E-state index in [9.17, 15) is 13.2 Å². The van der Waals surface area contributed by atoms with Crippen molar-refractivity contribution in [1.82, 2.24) is 24.3 Å². The predicted molar refractivity (Wildman–Crippen MR) is 169 cm³/mol. The van der Waals surface area contributed by atoms with E-state index in [0.717, 1.165) is 13.0 Å². The largest absolute Gasteiger partial charge is 0.493 e. The minimum atomic E-state index is -2.51. The molecule has 2 amide bonds. The average Bonchev–Trinajstić information content (AvgIpc) is 3.48. The van der Waals surface area contributed by atoms with Gasteiger partial charge < -0.3 is 29.0 Å². The number of carbonyl (C=O) groups excluding carboxylic acids is 1. The summed E-state index contributed by atoms with van der Waals surface area (Å²) in [5.41, 5.74) is 0.871. The highest BCUT2D eigenvalue weighted by molar-refractivity contribution is 7.69. The molecule has 2 aromatic heterocycles. The van der Waals surface area contributed by atoms with Gasteiger partial charge in [0.2, 0.25) is 16.8 Å². The van der Waals surface area contributed by atoms with Crippen molar-refractivity contribution < 1.29 is 31.9 Å². The van der Waals surface area contributed by atoms with Crippen LogP contribution in [0.15, 0.2) is 53.3 Å². The van der Waals surface area contributed by atoms with Gasteiger partial charge in [0, 0.05) is 62.0 Å². The summed E-state index contributed by atoms with van der Waals surface area (Å²) in [7, 11) is -0.953. The maximum Gasteiger partial charge on any atom is 0.324 e. The second-order valence-electron chi connectivity index (χ2n) is 11.5. The number of anilines is 2. The smallest absolute Gasteiger partial charge is 0.324 e. The third kappa shape index (κ3) is 8.38. The number of urea groups is 1. The minimum absolute atomic E-state index is 0.234. The van der Waals surface area contributed by atoms with Gasteiger partial charge in [-0.3, -0.25) is 5.32 Å². The molecule has 1 fully saturated rings. The number of nitrogens with one attached hydrogen (secondary N) is 2. The van der Waals surface area contributed by atoms with Gasteiger partial charge in [-0.2, -0.15) is 0 Å². The number of fused-ring (bicyclic) bond motifs is 1. The highest BCUT2D eigenvalue weighted by atomic mass is 32.2. The molecule has 2 aromatic carbocycles. The lowest BCUT2D eigenvalue weighted by Gasteiger charge is -2.31. The highest BCUT2D eigenvalue weighted by Crippen LogP contribution is 2.36. The van der Waals surface area contributed by atoms with Gasteiger partial charge in [0.25, 0.3) is 0 Å². The Morgan fingerprint density at radius 3 is 2.53 bits per heavy atom. The predicted octanol–water partition coefficient (Wildman–Crippen LogP) is 4.27. The Balaban J connectivity index is 1.20. The maximum atomic E-state index is 12.6. The monoisotopic (exact) mass is 639 g/mol. The molecule has 1 aliphatic heterocycles. The Hall–Kier alpha value is -4.47. The fourth-order valence-electron chi connectivity index (χ4n) is 4.70. The number of amides is 2. The van der Waals surface area contributed by atoms with Crippen LogP contribution < -0.4 is 24.8 Å². The van der Waals surface area contributed by atoms with Gasteiger partial charge in [0.15, 0.2) is 17.3 Å². The standard InChI is InChI=1S/C30H37N7O7S/c1-30(2,3)26-18-27(35-44-26)34-29(38)33-20-7-5-8-21(15-20)43-28-22-16-24(41-4)25(17-23(22)31-19-32-28)42-14-6-9-36-10-12-37(13-11-36)45(39)40/h5,7-8,15-19,45H,6,9-14H2,1-4H3,(H2,33,34,35,38). The normalized spacial score (nSPS) is 14.4. The van der Waals surface area contributed by atoms with Gasteiger partial charge in [-0.15, -0.1) is 0 Å². The molecule has 15 heteroatoms. The zero-order chi connectivity index (χ0) is 32.0. The first-order valence-electron chi connectivity index (χ1n) is 14.5. The van der Waals surface area contributed by atoms with Crippen molar-refractivity contribution in [3.8, 4) is 23.1 Å². The van der Waals surface area contributed by atoms with Gasteiger partial charge in [-0.05, 0) is 24.6 Å². The van der Waals surface area contributed by atoms with Crippen molar-refractivity contribution in [2.75, 3.05) is 57.1 Å². The van der Waals surface area contributed by atoms with E-state index in [2.05, 4.69) is 30.7 Å². The second kappa shape index (κ2) is 14.1. The van der Waals surface area contributed by atoms with Crippen molar-refractivity contribution >= 4 is 39.3 Å².